The largest absolute Gasteiger partial charge is 0.367 e. The van der Waals surface area contributed by atoms with Gasteiger partial charge in [0, 0.05) is 29.9 Å². The fourth-order valence-corrected chi connectivity index (χ4v) is 2.93. The summed E-state index contributed by atoms with van der Waals surface area (Å²) in [6, 6.07) is 14.9. The molecule has 150 valence electrons. The minimum Gasteiger partial charge on any atom is -0.367 e. The molecule has 2 heterocycles. The number of hydrogen-bond donors (Lipinski definition) is 4. The Morgan fingerprint density at radius 2 is 1.83 bits per heavy atom. The first-order valence-electron chi connectivity index (χ1n) is 9.08. The molecule has 2 aromatic heterocycles. The quantitative estimate of drug-likeness (QED) is 0.331. The summed E-state index contributed by atoms with van der Waals surface area (Å²) < 4.78 is 0. The molecule has 0 aliphatic carbocycles. The van der Waals surface area contributed by atoms with E-state index in [1.165, 1.54) is 0 Å². The monoisotopic (exact) mass is 409 g/mol. The van der Waals surface area contributed by atoms with Crippen LogP contribution >= 0.6 is 11.8 Å². The van der Waals surface area contributed by atoms with E-state index in [0.717, 1.165) is 22.0 Å². The van der Waals surface area contributed by atoms with Crippen molar-refractivity contribution in [1.82, 2.24) is 20.5 Å². The van der Waals surface area contributed by atoms with Gasteiger partial charge >= 0.3 is 6.03 Å². The van der Waals surface area contributed by atoms with Gasteiger partial charge in [-0.3, -0.25) is 0 Å². The van der Waals surface area contributed by atoms with E-state index in [0.29, 0.717) is 24.7 Å². The summed E-state index contributed by atoms with van der Waals surface area (Å²) in [4.78, 5) is 17.3. The molecule has 0 saturated heterocycles. The highest BCUT2D eigenvalue weighted by Gasteiger charge is 2.03. The molecule has 0 bridgehead atoms. The normalized spacial score (nSPS) is 10.3. The number of carbonyl (C=O) groups is 1. The molecule has 3 aromatic rings. The summed E-state index contributed by atoms with van der Waals surface area (Å²) in [5, 5.41) is 20.1. The maximum atomic E-state index is 12.0. The van der Waals surface area contributed by atoms with Gasteiger partial charge in [-0.2, -0.15) is 0 Å². The average molecular weight is 410 g/mol. The predicted molar refractivity (Wildman–Crippen MR) is 118 cm³/mol. The maximum Gasteiger partial charge on any atom is 0.319 e. The summed E-state index contributed by atoms with van der Waals surface area (Å²) in [7, 11) is 0. The molecule has 0 fully saturated rings. The van der Waals surface area contributed by atoms with Gasteiger partial charge in [-0.05, 0) is 61.2 Å². The summed E-state index contributed by atoms with van der Waals surface area (Å²) in [5.41, 5.74) is 1.88. The van der Waals surface area contributed by atoms with Crippen molar-refractivity contribution in [3.05, 3.63) is 60.3 Å². The van der Waals surface area contributed by atoms with Gasteiger partial charge in [0.15, 0.2) is 5.82 Å². The fraction of sp³-hybridized carbons (Fsp3) is 0.200. The Morgan fingerprint density at radius 1 is 1.00 bits per heavy atom. The Morgan fingerprint density at radius 3 is 2.59 bits per heavy atom. The lowest BCUT2D eigenvalue weighted by Gasteiger charge is -2.10. The Balaban J connectivity index is 1.39. The van der Waals surface area contributed by atoms with E-state index in [1.807, 2.05) is 61.7 Å². The number of carbonyl (C=O) groups excluding carboxylic acids is 1. The Kier molecular flexibility index (Phi) is 7.23. The van der Waals surface area contributed by atoms with Crippen molar-refractivity contribution in [1.29, 1.82) is 0 Å². The smallest absolute Gasteiger partial charge is 0.319 e. The standard InChI is InChI=1S/C20H23N7OS/c1-14-8-9-21-19(12-14)25-18-7-6-17(26-27-18)22-10-11-23-20(28)24-15-4-3-5-16(13-15)29-2/h3-9,12-13H,10-11H2,1-2H3,(H,22,26)(H,21,25,27)(H2,23,24,28). The predicted octanol–water partition coefficient (Wildman–Crippen LogP) is 3.88. The zero-order chi connectivity index (χ0) is 20.5. The van der Waals surface area contributed by atoms with Gasteiger partial charge in [0.25, 0.3) is 0 Å². The molecule has 4 N–H and O–H groups in total. The molecular formula is C20H23N7OS. The van der Waals surface area contributed by atoms with Crippen LogP contribution in [0.15, 0.2) is 59.6 Å². The van der Waals surface area contributed by atoms with Crippen molar-refractivity contribution in [2.24, 2.45) is 0 Å². The van der Waals surface area contributed by atoms with Crippen molar-refractivity contribution in [3.63, 3.8) is 0 Å². The van der Waals surface area contributed by atoms with Crippen molar-refractivity contribution < 1.29 is 4.79 Å². The Labute approximate surface area is 173 Å². The van der Waals surface area contributed by atoms with Crippen LogP contribution in [0.25, 0.3) is 0 Å². The molecule has 9 heteroatoms. The van der Waals surface area contributed by atoms with Gasteiger partial charge < -0.3 is 21.3 Å². The molecule has 0 spiro atoms. The van der Waals surface area contributed by atoms with Crippen LogP contribution in [0.1, 0.15) is 5.56 Å². The topological polar surface area (TPSA) is 104 Å². The molecule has 2 amide bonds. The van der Waals surface area contributed by atoms with Crippen molar-refractivity contribution >= 4 is 40.9 Å². The Hall–Kier alpha value is -3.33. The van der Waals surface area contributed by atoms with Gasteiger partial charge in [0.05, 0.1) is 0 Å². The van der Waals surface area contributed by atoms with Gasteiger partial charge in [0.2, 0.25) is 0 Å². The maximum absolute atomic E-state index is 12.0. The Bertz CT molecular complexity index is 950. The molecular weight excluding hydrogens is 386 g/mol. The lowest BCUT2D eigenvalue weighted by molar-refractivity contribution is 0.252. The number of urea groups is 1. The number of hydrogen-bond acceptors (Lipinski definition) is 7. The lowest BCUT2D eigenvalue weighted by Crippen LogP contribution is -2.32. The van der Waals surface area contributed by atoms with Crippen LogP contribution in [0.3, 0.4) is 0 Å². The van der Waals surface area contributed by atoms with Crippen LogP contribution in [0.2, 0.25) is 0 Å². The summed E-state index contributed by atoms with van der Waals surface area (Å²) in [6.45, 7) is 2.98. The first-order chi connectivity index (χ1) is 14.1. The summed E-state index contributed by atoms with van der Waals surface area (Å²) in [5.74, 6) is 1.96. The van der Waals surface area contributed by atoms with Gasteiger partial charge in [-0.15, -0.1) is 22.0 Å². The SMILES string of the molecule is CSc1cccc(NC(=O)NCCNc2ccc(Nc3cc(C)ccn3)nn2)c1. The number of amides is 2. The first-order valence-corrected chi connectivity index (χ1v) is 10.3. The van der Waals surface area contributed by atoms with Crippen LogP contribution in [0, 0.1) is 6.92 Å². The average Bonchev–Trinajstić information content (AvgIpc) is 2.72. The van der Waals surface area contributed by atoms with E-state index in [1.54, 1.807) is 18.0 Å². The van der Waals surface area contributed by atoms with E-state index < -0.39 is 0 Å². The minimum atomic E-state index is -0.249. The zero-order valence-electron chi connectivity index (χ0n) is 16.3. The van der Waals surface area contributed by atoms with Gasteiger partial charge in [-0.25, -0.2) is 9.78 Å². The van der Waals surface area contributed by atoms with Crippen LogP contribution in [-0.4, -0.2) is 40.6 Å². The van der Waals surface area contributed by atoms with E-state index in [2.05, 4.69) is 36.4 Å². The lowest BCUT2D eigenvalue weighted by atomic mass is 10.3. The summed E-state index contributed by atoms with van der Waals surface area (Å²) >= 11 is 1.63. The number of aromatic nitrogens is 3. The molecule has 0 atom stereocenters. The zero-order valence-corrected chi connectivity index (χ0v) is 17.1. The number of benzene rings is 1. The third-order valence-electron chi connectivity index (χ3n) is 3.88. The molecule has 3 rings (SSSR count). The molecule has 0 aliphatic rings. The highest BCUT2D eigenvalue weighted by Crippen LogP contribution is 2.18. The molecule has 1 aromatic carbocycles. The molecule has 0 saturated carbocycles. The van der Waals surface area contributed by atoms with Crippen molar-refractivity contribution in [2.45, 2.75) is 11.8 Å². The minimum absolute atomic E-state index is 0.249. The third-order valence-corrected chi connectivity index (χ3v) is 4.61. The van der Waals surface area contributed by atoms with Crippen molar-refractivity contribution in [3.8, 4) is 0 Å². The molecule has 0 unspecified atom stereocenters. The van der Waals surface area contributed by atoms with E-state index >= 15 is 0 Å². The number of pyridine rings is 1. The number of nitrogens with zero attached hydrogens (tertiary/aromatic N) is 3. The molecule has 0 aliphatic heterocycles. The van der Waals surface area contributed by atoms with Gasteiger partial charge in [0.1, 0.15) is 11.6 Å². The number of nitrogens with one attached hydrogen (secondary N) is 4. The molecule has 0 radical (unpaired) electrons. The highest BCUT2D eigenvalue weighted by atomic mass is 32.2. The van der Waals surface area contributed by atoms with E-state index in [9.17, 15) is 4.79 Å². The van der Waals surface area contributed by atoms with E-state index in [4.69, 9.17) is 0 Å². The number of thioether (sulfide) groups is 1. The highest BCUT2D eigenvalue weighted by molar-refractivity contribution is 7.98. The van der Waals surface area contributed by atoms with Crippen LogP contribution in [0.5, 0.6) is 0 Å². The van der Waals surface area contributed by atoms with Crippen LogP contribution < -0.4 is 21.3 Å². The van der Waals surface area contributed by atoms with Crippen LogP contribution in [0.4, 0.5) is 27.9 Å². The second-order valence-corrected chi connectivity index (χ2v) is 7.07. The van der Waals surface area contributed by atoms with E-state index in [-0.39, 0.29) is 6.03 Å². The van der Waals surface area contributed by atoms with Crippen LogP contribution in [-0.2, 0) is 0 Å². The first kappa shape index (κ1) is 20.4. The molecule has 29 heavy (non-hydrogen) atoms. The van der Waals surface area contributed by atoms with Gasteiger partial charge in [-0.1, -0.05) is 6.07 Å². The molecule has 8 nitrogen and oxygen atoms in total. The number of rotatable bonds is 8. The fourth-order valence-electron chi connectivity index (χ4n) is 2.47. The third kappa shape index (κ3) is 6.65. The summed E-state index contributed by atoms with van der Waals surface area (Å²) in [6.07, 6.45) is 3.74. The van der Waals surface area contributed by atoms with Crippen molar-refractivity contribution in [2.75, 3.05) is 35.3 Å². The second kappa shape index (κ2) is 10.3. The number of anilines is 4. The number of aryl methyl sites for hydroxylation is 1. The second-order valence-electron chi connectivity index (χ2n) is 6.19.